The molecule has 1 unspecified atom stereocenters. The molecule has 1 atom stereocenters. The molecule has 3 heterocycles. The van der Waals surface area contributed by atoms with E-state index >= 15 is 0 Å². The maximum atomic E-state index is 13.3. The van der Waals surface area contributed by atoms with Gasteiger partial charge in [-0.15, -0.1) is 0 Å². The van der Waals surface area contributed by atoms with E-state index in [9.17, 15) is 9.59 Å². The van der Waals surface area contributed by atoms with Gasteiger partial charge in [0, 0.05) is 26.4 Å². The molecule has 2 amide bonds. The molecule has 1 saturated heterocycles. The molecule has 5 aliphatic rings. The number of ether oxygens (including phenoxy) is 1. The first-order valence-electron chi connectivity index (χ1n) is 13.6. The number of amides is 2. The highest BCUT2D eigenvalue weighted by Crippen LogP contribution is 2.59. The van der Waals surface area contributed by atoms with Crippen molar-refractivity contribution in [2.24, 2.45) is 23.2 Å². The first-order chi connectivity index (χ1) is 17.0. The van der Waals surface area contributed by atoms with E-state index in [1.165, 1.54) is 38.5 Å². The lowest BCUT2D eigenvalue weighted by molar-refractivity contribution is -0.135. The van der Waals surface area contributed by atoms with Gasteiger partial charge in [0.15, 0.2) is 0 Å². The van der Waals surface area contributed by atoms with Crippen LogP contribution in [0, 0.1) is 23.2 Å². The zero-order valence-electron chi connectivity index (χ0n) is 20.9. The van der Waals surface area contributed by atoms with Crippen molar-refractivity contribution in [1.82, 2.24) is 19.6 Å². The molecule has 4 aliphatic carbocycles. The molecular weight excluding hydrogens is 440 g/mol. The van der Waals surface area contributed by atoms with Gasteiger partial charge in [0.1, 0.15) is 11.3 Å². The van der Waals surface area contributed by atoms with E-state index in [0.29, 0.717) is 29.1 Å². The van der Waals surface area contributed by atoms with Crippen molar-refractivity contribution in [1.29, 1.82) is 0 Å². The number of likely N-dealkylation sites (tertiary alicyclic amines) is 1. The SMILES string of the molecule is COCC1CCCCN1C(=O)Cc1cn2c(C(=O)NCC34CC5CC(CC(C5)C3)C4)cccc2n1. The second-order valence-corrected chi connectivity index (χ2v) is 11.8. The van der Waals surface area contributed by atoms with Crippen molar-refractivity contribution in [3.05, 3.63) is 35.8 Å². The minimum atomic E-state index is -0.0437. The maximum Gasteiger partial charge on any atom is 0.268 e. The minimum absolute atomic E-state index is 0.0437. The van der Waals surface area contributed by atoms with Gasteiger partial charge < -0.3 is 15.0 Å². The predicted molar refractivity (Wildman–Crippen MR) is 133 cm³/mol. The average molecular weight is 479 g/mol. The van der Waals surface area contributed by atoms with E-state index < -0.39 is 0 Å². The van der Waals surface area contributed by atoms with Crippen molar-refractivity contribution in [2.45, 2.75) is 70.3 Å². The zero-order chi connectivity index (χ0) is 24.0. The van der Waals surface area contributed by atoms with Gasteiger partial charge >= 0.3 is 0 Å². The third-order valence-electron chi connectivity index (χ3n) is 9.20. The molecule has 1 aliphatic heterocycles. The van der Waals surface area contributed by atoms with Crippen molar-refractivity contribution in [3.63, 3.8) is 0 Å². The highest BCUT2D eigenvalue weighted by Gasteiger charge is 2.50. The molecule has 2 aromatic rings. The summed E-state index contributed by atoms with van der Waals surface area (Å²) in [4.78, 5) is 33.0. The Morgan fingerprint density at radius 3 is 2.57 bits per heavy atom. The van der Waals surface area contributed by atoms with Gasteiger partial charge in [-0.2, -0.15) is 0 Å². The summed E-state index contributed by atoms with van der Waals surface area (Å²) in [6, 6.07) is 5.78. The van der Waals surface area contributed by atoms with Crippen LogP contribution in [0.5, 0.6) is 0 Å². The minimum Gasteiger partial charge on any atom is -0.383 e. The highest BCUT2D eigenvalue weighted by molar-refractivity contribution is 5.93. The van der Waals surface area contributed by atoms with Gasteiger partial charge in [-0.1, -0.05) is 6.07 Å². The van der Waals surface area contributed by atoms with Crippen molar-refractivity contribution in [2.75, 3.05) is 26.8 Å². The number of carbonyl (C=O) groups is 2. The fraction of sp³-hybridized carbons (Fsp3) is 0.679. The van der Waals surface area contributed by atoms with E-state index in [1.807, 2.05) is 33.7 Å². The van der Waals surface area contributed by atoms with Crippen LogP contribution in [0.25, 0.3) is 5.65 Å². The number of nitrogens with zero attached hydrogens (tertiary/aromatic N) is 3. The summed E-state index contributed by atoms with van der Waals surface area (Å²) in [5.74, 6) is 2.66. The lowest BCUT2D eigenvalue weighted by atomic mass is 9.49. The number of hydrogen-bond acceptors (Lipinski definition) is 4. The fourth-order valence-corrected chi connectivity index (χ4v) is 8.15. The molecule has 0 radical (unpaired) electrons. The summed E-state index contributed by atoms with van der Waals surface area (Å²) in [6.45, 7) is 2.13. The van der Waals surface area contributed by atoms with Crippen LogP contribution in [0.2, 0.25) is 0 Å². The first-order valence-corrected chi connectivity index (χ1v) is 13.6. The van der Waals surface area contributed by atoms with Gasteiger partial charge in [0.2, 0.25) is 5.91 Å². The molecule has 2 aromatic heterocycles. The van der Waals surface area contributed by atoms with Gasteiger partial charge in [-0.25, -0.2) is 4.98 Å². The summed E-state index contributed by atoms with van der Waals surface area (Å²) in [7, 11) is 1.69. The molecule has 0 aromatic carbocycles. The Hall–Kier alpha value is -2.41. The number of carbonyl (C=O) groups excluding carboxylic acids is 2. The van der Waals surface area contributed by atoms with E-state index in [2.05, 4.69) is 10.3 Å². The first kappa shape index (κ1) is 23.0. The molecule has 7 rings (SSSR count). The van der Waals surface area contributed by atoms with Crippen molar-refractivity contribution >= 4 is 17.5 Å². The number of rotatable bonds is 7. The summed E-state index contributed by atoms with van der Waals surface area (Å²) in [5.41, 5.74) is 2.31. The van der Waals surface area contributed by atoms with E-state index in [0.717, 1.165) is 50.1 Å². The molecule has 0 spiro atoms. The van der Waals surface area contributed by atoms with Crippen LogP contribution in [0.4, 0.5) is 0 Å². The average Bonchev–Trinajstić information content (AvgIpc) is 3.25. The van der Waals surface area contributed by atoms with Gasteiger partial charge in [0.05, 0.1) is 24.8 Å². The van der Waals surface area contributed by atoms with Crippen LogP contribution in [-0.2, 0) is 16.0 Å². The van der Waals surface area contributed by atoms with Crippen molar-refractivity contribution < 1.29 is 14.3 Å². The summed E-state index contributed by atoms with van der Waals surface area (Å²) in [6.07, 6.45) is 13.3. The quantitative estimate of drug-likeness (QED) is 0.656. The fourth-order valence-electron chi connectivity index (χ4n) is 8.15. The molecule has 7 nitrogen and oxygen atoms in total. The number of piperidine rings is 1. The second kappa shape index (κ2) is 9.23. The molecule has 188 valence electrons. The topological polar surface area (TPSA) is 75.9 Å². The molecule has 4 bridgehead atoms. The standard InChI is InChI=1S/C28H38N4O3/c1-35-17-23-5-2-3-8-31(23)26(33)12-22-16-32-24(6-4-7-25(32)30-22)27(34)29-18-28-13-19-9-20(14-28)11-21(10-19)15-28/h4,6-7,16,19-21,23H,2-3,5,8-15,17-18H2,1H3,(H,29,34). The number of nitrogens with one attached hydrogen (secondary N) is 1. The lowest BCUT2D eigenvalue weighted by Crippen LogP contribution is -2.51. The largest absolute Gasteiger partial charge is 0.383 e. The Kier molecular flexibility index (Phi) is 6.07. The third kappa shape index (κ3) is 4.48. The number of hydrogen-bond donors (Lipinski definition) is 1. The van der Waals surface area contributed by atoms with Crippen LogP contribution in [0.3, 0.4) is 0 Å². The number of fused-ring (bicyclic) bond motifs is 1. The lowest BCUT2D eigenvalue weighted by Gasteiger charge is -2.56. The molecule has 7 heteroatoms. The second-order valence-electron chi connectivity index (χ2n) is 11.8. The summed E-state index contributed by atoms with van der Waals surface area (Å²) < 4.78 is 7.19. The summed E-state index contributed by atoms with van der Waals surface area (Å²) in [5, 5.41) is 3.29. The van der Waals surface area contributed by atoms with E-state index in [4.69, 9.17) is 4.74 Å². The smallest absolute Gasteiger partial charge is 0.268 e. The number of aromatic nitrogens is 2. The van der Waals surface area contributed by atoms with Crippen LogP contribution in [-0.4, -0.2) is 58.9 Å². The van der Waals surface area contributed by atoms with Crippen LogP contribution in [0.1, 0.15) is 74.0 Å². The Morgan fingerprint density at radius 2 is 1.86 bits per heavy atom. The van der Waals surface area contributed by atoms with Crippen molar-refractivity contribution in [3.8, 4) is 0 Å². The molecule has 5 fully saturated rings. The number of imidazole rings is 1. The van der Waals surface area contributed by atoms with Gasteiger partial charge in [-0.3, -0.25) is 14.0 Å². The maximum absolute atomic E-state index is 13.3. The summed E-state index contributed by atoms with van der Waals surface area (Å²) >= 11 is 0. The Morgan fingerprint density at radius 1 is 1.11 bits per heavy atom. The molecule has 1 N–H and O–H groups in total. The zero-order valence-corrected chi connectivity index (χ0v) is 20.9. The van der Waals surface area contributed by atoms with Crippen LogP contribution >= 0.6 is 0 Å². The van der Waals surface area contributed by atoms with E-state index in [1.54, 1.807) is 7.11 Å². The molecular formula is C28H38N4O3. The Labute approximate surface area is 207 Å². The Balaban J connectivity index is 1.15. The highest BCUT2D eigenvalue weighted by atomic mass is 16.5. The Bertz CT molecular complexity index is 1070. The predicted octanol–water partition coefficient (Wildman–Crippen LogP) is 3.85. The number of pyridine rings is 1. The van der Waals surface area contributed by atoms with Crippen LogP contribution in [0.15, 0.2) is 24.4 Å². The molecule has 35 heavy (non-hydrogen) atoms. The molecule has 4 saturated carbocycles. The van der Waals surface area contributed by atoms with E-state index in [-0.39, 0.29) is 24.3 Å². The van der Waals surface area contributed by atoms with Crippen LogP contribution < -0.4 is 5.32 Å². The third-order valence-corrected chi connectivity index (χ3v) is 9.20. The van der Waals surface area contributed by atoms with Gasteiger partial charge in [-0.05, 0) is 93.1 Å². The van der Waals surface area contributed by atoms with Gasteiger partial charge in [0.25, 0.3) is 5.91 Å². The monoisotopic (exact) mass is 478 g/mol. The normalized spacial score (nSPS) is 31.7. The number of methoxy groups -OCH3 is 1.